The van der Waals surface area contributed by atoms with Gasteiger partial charge in [-0.05, 0) is 12.3 Å². The molecule has 0 bridgehead atoms. The Kier molecular flexibility index (Phi) is 5.53. The highest BCUT2D eigenvalue weighted by molar-refractivity contribution is 5.88. The minimum Gasteiger partial charge on any atom is -0.346 e. The van der Waals surface area contributed by atoms with Gasteiger partial charge >= 0.3 is 5.69 Å². The highest BCUT2D eigenvalue weighted by Crippen LogP contribution is 2.02. The maximum absolute atomic E-state index is 13.0. The summed E-state index contributed by atoms with van der Waals surface area (Å²) in [6.07, 6.45) is 0.914. The van der Waals surface area contributed by atoms with E-state index in [-0.39, 0.29) is 5.92 Å². The van der Waals surface area contributed by atoms with Crippen LogP contribution < -0.4 is 22.3 Å². The number of halogens is 1. The molecular weight excluding hydrogens is 283 g/mol. The zero-order valence-corrected chi connectivity index (χ0v) is 11.7. The fourth-order valence-electron chi connectivity index (χ4n) is 1.63. The second kappa shape index (κ2) is 6.93. The molecule has 1 heterocycles. The van der Waals surface area contributed by atoms with Gasteiger partial charge in [0.2, 0.25) is 11.7 Å². The lowest BCUT2D eigenvalue weighted by atomic mass is 10.0. The van der Waals surface area contributed by atoms with Crippen LogP contribution in [0.15, 0.2) is 15.8 Å². The van der Waals surface area contributed by atoms with E-state index in [9.17, 15) is 23.6 Å². The lowest BCUT2D eigenvalue weighted by Gasteiger charge is -2.13. The largest absolute Gasteiger partial charge is 0.346 e. The van der Waals surface area contributed by atoms with E-state index in [0.29, 0.717) is 17.2 Å². The number of H-pyrrole nitrogens is 1. The molecule has 1 rings (SSSR count). The van der Waals surface area contributed by atoms with Crippen molar-refractivity contribution >= 4 is 11.8 Å². The number of hydrogen-bond donors (Lipinski definition) is 3. The first-order chi connectivity index (χ1) is 9.72. The summed E-state index contributed by atoms with van der Waals surface area (Å²) in [5, 5.41) is 2.26. The van der Waals surface area contributed by atoms with Gasteiger partial charge < -0.3 is 11.1 Å². The zero-order valence-electron chi connectivity index (χ0n) is 11.7. The Labute approximate surface area is 119 Å². The molecule has 0 radical (unpaired) electrons. The molecule has 0 fully saturated rings. The molecule has 0 saturated heterocycles. The summed E-state index contributed by atoms with van der Waals surface area (Å²) in [5.41, 5.74) is 3.33. The molecule has 0 aliphatic rings. The molecule has 4 N–H and O–H groups in total. The molecule has 0 aromatic carbocycles. The number of nitrogens with one attached hydrogen (secondary N) is 2. The van der Waals surface area contributed by atoms with Crippen molar-refractivity contribution in [2.24, 2.45) is 11.7 Å². The normalized spacial score (nSPS) is 12.2. The lowest BCUT2D eigenvalue weighted by molar-refractivity contribution is -0.122. The fraction of sp³-hybridized carbons (Fsp3) is 0.500. The van der Waals surface area contributed by atoms with Gasteiger partial charge in [0.05, 0.1) is 18.8 Å². The number of carbonyl (C=O) groups excluding carboxylic acids is 2. The first-order valence-electron chi connectivity index (χ1n) is 6.30. The molecule has 21 heavy (non-hydrogen) atoms. The molecule has 0 aliphatic heterocycles. The lowest BCUT2D eigenvalue weighted by Crippen LogP contribution is -2.45. The summed E-state index contributed by atoms with van der Waals surface area (Å²) in [7, 11) is 0. The number of nitrogens with zero attached hydrogens (tertiary/aromatic N) is 1. The van der Waals surface area contributed by atoms with Gasteiger partial charge in [0, 0.05) is 0 Å². The quantitative estimate of drug-likeness (QED) is 0.630. The van der Waals surface area contributed by atoms with Crippen LogP contribution in [0.3, 0.4) is 0 Å². The van der Waals surface area contributed by atoms with Crippen LogP contribution in [0, 0.1) is 11.7 Å². The van der Waals surface area contributed by atoms with Crippen LogP contribution in [0.25, 0.3) is 0 Å². The molecule has 0 unspecified atom stereocenters. The number of aromatic nitrogens is 2. The van der Waals surface area contributed by atoms with Crippen molar-refractivity contribution in [1.29, 1.82) is 0 Å². The van der Waals surface area contributed by atoms with Gasteiger partial charge in [-0.1, -0.05) is 13.8 Å². The van der Waals surface area contributed by atoms with E-state index in [1.54, 1.807) is 4.98 Å². The second-order valence-electron chi connectivity index (χ2n) is 4.95. The Morgan fingerprint density at radius 1 is 1.43 bits per heavy atom. The van der Waals surface area contributed by atoms with Gasteiger partial charge in [-0.3, -0.25) is 19.4 Å². The molecule has 0 spiro atoms. The van der Waals surface area contributed by atoms with E-state index in [1.165, 1.54) is 0 Å². The van der Waals surface area contributed by atoms with Gasteiger partial charge in [-0.15, -0.1) is 0 Å². The summed E-state index contributed by atoms with van der Waals surface area (Å²) in [5.74, 6) is -2.50. The highest BCUT2D eigenvalue weighted by atomic mass is 19.1. The topological polar surface area (TPSA) is 127 Å². The van der Waals surface area contributed by atoms with E-state index in [4.69, 9.17) is 5.73 Å². The standard InChI is InChI=1S/C12H17FN4O4/c1-6(2)3-8(14)11(20)15-4-9(18)17-5-7(13)10(19)16-12(17)21/h5-6,8H,3-4,14H2,1-2H3,(H,15,20)(H,16,19,21)/t8-/m1/s1. The summed E-state index contributed by atoms with van der Waals surface area (Å²) < 4.78 is 13.4. The van der Waals surface area contributed by atoms with Crippen molar-refractivity contribution in [2.45, 2.75) is 26.3 Å². The fourth-order valence-corrected chi connectivity index (χ4v) is 1.63. The van der Waals surface area contributed by atoms with Gasteiger partial charge in [-0.25, -0.2) is 9.36 Å². The minimum atomic E-state index is -1.27. The number of rotatable bonds is 5. The third-order valence-electron chi connectivity index (χ3n) is 2.64. The van der Waals surface area contributed by atoms with Gasteiger partial charge in [0.15, 0.2) is 0 Å². The van der Waals surface area contributed by atoms with Crippen molar-refractivity contribution in [2.75, 3.05) is 6.54 Å². The Morgan fingerprint density at radius 2 is 2.05 bits per heavy atom. The Morgan fingerprint density at radius 3 is 2.62 bits per heavy atom. The molecule has 116 valence electrons. The average Bonchev–Trinajstić information content (AvgIpc) is 2.38. The van der Waals surface area contributed by atoms with E-state index < -0.39 is 41.5 Å². The third-order valence-corrected chi connectivity index (χ3v) is 2.64. The predicted octanol–water partition coefficient (Wildman–Crippen LogP) is -1.19. The molecule has 8 nitrogen and oxygen atoms in total. The molecule has 1 aromatic heterocycles. The van der Waals surface area contributed by atoms with E-state index >= 15 is 0 Å². The van der Waals surface area contributed by atoms with Crippen molar-refractivity contribution in [3.63, 3.8) is 0 Å². The van der Waals surface area contributed by atoms with Crippen LogP contribution in [-0.2, 0) is 4.79 Å². The maximum atomic E-state index is 13.0. The summed E-state index contributed by atoms with van der Waals surface area (Å²) >= 11 is 0. The van der Waals surface area contributed by atoms with Gasteiger partial charge in [0.1, 0.15) is 0 Å². The first-order valence-corrected chi connectivity index (χ1v) is 6.30. The SMILES string of the molecule is CC(C)C[C@@H](N)C(=O)NCC(=O)n1cc(F)c(=O)[nH]c1=O. The molecule has 1 amide bonds. The number of carbonyl (C=O) groups is 2. The van der Waals surface area contributed by atoms with Crippen molar-refractivity contribution in [1.82, 2.24) is 14.9 Å². The molecule has 0 aliphatic carbocycles. The van der Waals surface area contributed by atoms with Crippen LogP contribution in [0.5, 0.6) is 0 Å². The Balaban J connectivity index is 2.71. The molecule has 1 aromatic rings. The zero-order chi connectivity index (χ0) is 16.2. The van der Waals surface area contributed by atoms with Crippen LogP contribution in [-0.4, -0.2) is 34.0 Å². The monoisotopic (exact) mass is 300 g/mol. The van der Waals surface area contributed by atoms with E-state index in [0.717, 1.165) is 0 Å². The third kappa shape index (κ3) is 4.63. The molecule has 0 saturated carbocycles. The van der Waals surface area contributed by atoms with Crippen molar-refractivity contribution < 1.29 is 14.0 Å². The smallest absolute Gasteiger partial charge is 0.335 e. The molecule has 1 atom stereocenters. The first kappa shape index (κ1) is 16.8. The Bertz CT molecular complexity index is 649. The summed E-state index contributed by atoms with van der Waals surface area (Å²) in [6.45, 7) is 3.25. The number of hydrogen-bond acceptors (Lipinski definition) is 5. The van der Waals surface area contributed by atoms with Crippen LogP contribution in [0.2, 0.25) is 0 Å². The number of amides is 1. The maximum Gasteiger partial charge on any atom is 0.335 e. The minimum absolute atomic E-state index is 0.206. The molecular formula is C12H17FN4O4. The predicted molar refractivity (Wildman–Crippen MR) is 72.3 cm³/mol. The van der Waals surface area contributed by atoms with Crippen LogP contribution >= 0.6 is 0 Å². The van der Waals surface area contributed by atoms with Gasteiger partial charge in [0.25, 0.3) is 11.5 Å². The van der Waals surface area contributed by atoms with Crippen molar-refractivity contribution in [3.05, 3.63) is 32.9 Å². The number of aromatic amines is 1. The second-order valence-corrected chi connectivity index (χ2v) is 4.95. The number of nitrogens with two attached hydrogens (primary N) is 1. The van der Waals surface area contributed by atoms with Gasteiger partial charge in [-0.2, -0.15) is 4.39 Å². The van der Waals surface area contributed by atoms with Crippen LogP contribution in [0.1, 0.15) is 25.1 Å². The van der Waals surface area contributed by atoms with E-state index in [2.05, 4.69) is 5.32 Å². The van der Waals surface area contributed by atoms with Crippen molar-refractivity contribution in [3.8, 4) is 0 Å². The van der Waals surface area contributed by atoms with Crippen LogP contribution in [0.4, 0.5) is 4.39 Å². The highest BCUT2D eigenvalue weighted by Gasteiger charge is 2.17. The Hall–Kier alpha value is -2.29. The molecule has 9 heteroatoms. The summed E-state index contributed by atoms with van der Waals surface area (Å²) in [6, 6.07) is -0.776. The summed E-state index contributed by atoms with van der Waals surface area (Å²) in [4.78, 5) is 47.1. The van der Waals surface area contributed by atoms with E-state index in [1.807, 2.05) is 13.8 Å². The average molecular weight is 300 g/mol.